The van der Waals surface area contributed by atoms with E-state index >= 15 is 0 Å². The maximum absolute atomic E-state index is 4.64. The van der Waals surface area contributed by atoms with Gasteiger partial charge in [-0.3, -0.25) is 4.90 Å². The predicted octanol–water partition coefficient (Wildman–Crippen LogP) is 4.38. The van der Waals surface area contributed by atoms with Gasteiger partial charge in [-0.1, -0.05) is 42.8 Å². The van der Waals surface area contributed by atoms with Gasteiger partial charge in [0.1, 0.15) is 5.82 Å². The summed E-state index contributed by atoms with van der Waals surface area (Å²) in [6, 6.07) is 16.3. The molecule has 0 unspecified atom stereocenters. The van der Waals surface area contributed by atoms with Crippen LogP contribution in [0.15, 0.2) is 48.7 Å². The van der Waals surface area contributed by atoms with E-state index in [2.05, 4.69) is 57.7 Å². The van der Waals surface area contributed by atoms with Crippen molar-refractivity contribution >= 4 is 5.82 Å². The summed E-state index contributed by atoms with van der Waals surface area (Å²) in [6.07, 6.45) is 8.34. The van der Waals surface area contributed by atoms with Crippen LogP contribution in [-0.2, 0) is 6.54 Å². The number of pyridine rings is 1. The summed E-state index contributed by atoms with van der Waals surface area (Å²) in [5.41, 5.74) is 2.79. The molecule has 0 bridgehead atoms. The highest BCUT2D eigenvalue weighted by atomic mass is 15.2. The highest BCUT2D eigenvalue weighted by molar-refractivity contribution is 5.47. The zero-order valence-corrected chi connectivity index (χ0v) is 13.6. The minimum atomic E-state index is 0.485. The number of aromatic nitrogens is 1. The van der Waals surface area contributed by atoms with Gasteiger partial charge in [0.25, 0.3) is 0 Å². The molecular formula is C20H25N3. The molecule has 2 aliphatic rings. The molecule has 1 aliphatic heterocycles. The first-order valence-corrected chi connectivity index (χ1v) is 8.89. The number of nitrogens with zero attached hydrogens (tertiary/aromatic N) is 2. The molecular weight excluding hydrogens is 282 g/mol. The van der Waals surface area contributed by atoms with Crippen molar-refractivity contribution in [3.63, 3.8) is 0 Å². The molecule has 2 heterocycles. The first kappa shape index (κ1) is 14.7. The molecule has 4 rings (SSSR count). The second-order valence-electron chi connectivity index (χ2n) is 6.83. The van der Waals surface area contributed by atoms with Gasteiger partial charge in [-0.25, -0.2) is 4.98 Å². The quantitative estimate of drug-likeness (QED) is 0.888. The number of nitrogens with one attached hydrogen (secondary N) is 1. The average molecular weight is 307 g/mol. The van der Waals surface area contributed by atoms with Crippen LogP contribution in [0.5, 0.6) is 0 Å². The molecule has 1 aromatic carbocycles. The first-order valence-electron chi connectivity index (χ1n) is 8.89. The Morgan fingerprint density at radius 2 is 1.87 bits per heavy atom. The molecule has 1 N–H and O–H groups in total. The molecule has 1 saturated carbocycles. The predicted molar refractivity (Wildman–Crippen MR) is 94.3 cm³/mol. The third-order valence-corrected chi connectivity index (χ3v) is 4.96. The molecule has 2 fully saturated rings. The molecule has 2 aromatic rings. The molecule has 3 nitrogen and oxygen atoms in total. The molecule has 1 saturated heterocycles. The number of rotatable bonds is 5. The van der Waals surface area contributed by atoms with Gasteiger partial charge in [-0.2, -0.15) is 0 Å². The van der Waals surface area contributed by atoms with Crippen LogP contribution in [0, 0.1) is 0 Å². The molecule has 0 amide bonds. The summed E-state index contributed by atoms with van der Waals surface area (Å²) < 4.78 is 0. The fourth-order valence-corrected chi connectivity index (χ4v) is 3.58. The molecule has 0 spiro atoms. The van der Waals surface area contributed by atoms with Crippen LogP contribution in [-0.4, -0.2) is 22.5 Å². The Hall–Kier alpha value is -1.87. The topological polar surface area (TPSA) is 28.2 Å². The fraction of sp³-hybridized carbons (Fsp3) is 0.450. The number of anilines is 1. The van der Waals surface area contributed by atoms with Crippen molar-refractivity contribution in [3.8, 4) is 0 Å². The first-order chi connectivity index (χ1) is 11.4. The van der Waals surface area contributed by atoms with Crippen LogP contribution in [0.3, 0.4) is 0 Å². The van der Waals surface area contributed by atoms with E-state index in [9.17, 15) is 0 Å². The van der Waals surface area contributed by atoms with Crippen molar-refractivity contribution in [2.75, 3.05) is 11.9 Å². The second kappa shape index (κ2) is 6.71. The van der Waals surface area contributed by atoms with Crippen LogP contribution < -0.4 is 5.32 Å². The standard InChI is InChI=1S/C20H25N3/c1-2-7-16(8-3-1)15-23-14-5-4-10-19(23)18-9-6-13-21-20(18)22-17-11-12-17/h1-3,6-9,13,17,19H,4-5,10-12,14-15H2,(H,21,22)/t19-/m0/s1. The van der Waals surface area contributed by atoms with Crippen LogP contribution in [0.1, 0.15) is 49.3 Å². The summed E-state index contributed by atoms with van der Waals surface area (Å²) in [5.74, 6) is 1.11. The van der Waals surface area contributed by atoms with Gasteiger partial charge in [0, 0.05) is 30.4 Å². The summed E-state index contributed by atoms with van der Waals surface area (Å²) in [7, 11) is 0. The van der Waals surface area contributed by atoms with Crippen LogP contribution in [0.4, 0.5) is 5.82 Å². The largest absolute Gasteiger partial charge is 0.367 e. The second-order valence-corrected chi connectivity index (χ2v) is 6.83. The Labute approximate surface area is 138 Å². The average Bonchev–Trinajstić information content (AvgIpc) is 3.41. The highest BCUT2D eigenvalue weighted by Gasteiger charge is 2.28. The lowest BCUT2D eigenvalue weighted by Gasteiger charge is -2.36. The maximum atomic E-state index is 4.64. The molecule has 1 atom stereocenters. The highest BCUT2D eigenvalue weighted by Crippen LogP contribution is 2.36. The van der Waals surface area contributed by atoms with E-state index in [1.165, 1.54) is 49.8 Å². The maximum Gasteiger partial charge on any atom is 0.130 e. The number of piperidine rings is 1. The van der Waals surface area contributed by atoms with Crippen molar-refractivity contribution in [1.29, 1.82) is 0 Å². The Kier molecular flexibility index (Phi) is 4.29. The van der Waals surface area contributed by atoms with E-state index < -0.39 is 0 Å². The van der Waals surface area contributed by atoms with Crippen molar-refractivity contribution in [2.24, 2.45) is 0 Å². The van der Waals surface area contributed by atoms with Crippen LogP contribution >= 0.6 is 0 Å². The summed E-state index contributed by atoms with van der Waals surface area (Å²) in [6.45, 7) is 2.21. The fourth-order valence-electron chi connectivity index (χ4n) is 3.58. The van der Waals surface area contributed by atoms with Gasteiger partial charge in [-0.15, -0.1) is 0 Å². The summed E-state index contributed by atoms with van der Waals surface area (Å²) in [5, 5.41) is 3.63. The van der Waals surface area contributed by atoms with Gasteiger partial charge in [0.2, 0.25) is 0 Å². The Morgan fingerprint density at radius 1 is 1.00 bits per heavy atom. The molecule has 120 valence electrons. The van der Waals surface area contributed by atoms with E-state index in [1.54, 1.807) is 0 Å². The zero-order chi connectivity index (χ0) is 15.5. The molecule has 3 heteroatoms. The third-order valence-electron chi connectivity index (χ3n) is 4.96. The SMILES string of the molecule is c1ccc(CN2CCCC[C@H]2c2cccnc2NC2CC2)cc1. The smallest absolute Gasteiger partial charge is 0.130 e. The number of hydrogen-bond donors (Lipinski definition) is 1. The van der Waals surface area contributed by atoms with Crippen molar-refractivity contribution in [2.45, 2.75) is 50.7 Å². The lowest BCUT2D eigenvalue weighted by atomic mass is 9.95. The van der Waals surface area contributed by atoms with Gasteiger partial charge in [-0.05, 0) is 43.9 Å². The van der Waals surface area contributed by atoms with Gasteiger partial charge in [0.05, 0.1) is 0 Å². The van der Waals surface area contributed by atoms with Crippen molar-refractivity contribution < 1.29 is 0 Å². The van der Waals surface area contributed by atoms with Gasteiger partial charge < -0.3 is 5.32 Å². The number of benzene rings is 1. The van der Waals surface area contributed by atoms with E-state index in [1.807, 2.05) is 6.20 Å². The van der Waals surface area contributed by atoms with Crippen molar-refractivity contribution in [3.05, 3.63) is 59.8 Å². The van der Waals surface area contributed by atoms with Gasteiger partial charge in [0.15, 0.2) is 0 Å². The Bertz CT molecular complexity index is 636. The number of likely N-dealkylation sites (tertiary alicyclic amines) is 1. The molecule has 0 radical (unpaired) electrons. The van der Waals surface area contributed by atoms with Crippen LogP contribution in [0.25, 0.3) is 0 Å². The van der Waals surface area contributed by atoms with Gasteiger partial charge >= 0.3 is 0 Å². The van der Waals surface area contributed by atoms with Crippen LogP contribution in [0.2, 0.25) is 0 Å². The Morgan fingerprint density at radius 3 is 2.70 bits per heavy atom. The van der Waals surface area contributed by atoms with E-state index in [4.69, 9.17) is 0 Å². The molecule has 1 aliphatic carbocycles. The van der Waals surface area contributed by atoms with E-state index in [-0.39, 0.29) is 0 Å². The molecule has 1 aromatic heterocycles. The van der Waals surface area contributed by atoms with E-state index in [0.717, 1.165) is 12.4 Å². The molecule has 23 heavy (non-hydrogen) atoms. The zero-order valence-electron chi connectivity index (χ0n) is 13.6. The van der Waals surface area contributed by atoms with E-state index in [0.29, 0.717) is 12.1 Å². The van der Waals surface area contributed by atoms with Crippen molar-refractivity contribution in [1.82, 2.24) is 9.88 Å². The monoisotopic (exact) mass is 307 g/mol. The summed E-state index contributed by atoms with van der Waals surface area (Å²) >= 11 is 0. The lowest BCUT2D eigenvalue weighted by Crippen LogP contribution is -2.33. The normalized spacial score (nSPS) is 22.0. The summed E-state index contributed by atoms with van der Waals surface area (Å²) in [4.78, 5) is 7.27. The minimum absolute atomic E-state index is 0.485. The lowest BCUT2D eigenvalue weighted by molar-refractivity contribution is 0.140. The Balaban J connectivity index is 1.57. The number of hydrogen-bond acceptors (Lipinski definition) is 3. The third kappa shape index (κ3) is 3.56. The minimum Gasteiger partial charge on any atom is -0.367 e.